The number of amides is 4. The molecular formula is C18H22ClFN4O3. The molecule has 0 radical (unpaired) electrons. The third-order valence-electron chi connectivity index (χ3n) is 5.53. The molecule has 0 aliphatic carbocycles. The fraction of sp³-hybridized carbons (Fsp3) is 0.500. The zero-order valence-electron chi connectivity index (χ0n) is 15.1. The van der Waals surface area contributed by atoms with E-state index in [-0.39, 0.29) is 23.4 Å². The van der Waals surface area contributed by atoms with Crippen molar-refractivity contribution in [1.82, 2.24) is 15.5 Å². The van der Waals surface area contributed by atoms with Gasteiger partial charge in [-0.2, -0.15) is 0 Å². The van der Waals surface area contributed by atoms with E-state index in [0.717, 1.165) is 0 Å². The summed E-state index contributed by atoms with van der Waals surface area (Å²) in [6, 6.07) is 3.05. The normalized spacial score (nSPS) is 25.0. The maximum Gasteiger partial charge on any atom is 0.322 e. The van der Waals surface area contributed by atoms with Crippen LogP contribution in [0, 0.1) is 11.7 Å². The van der Waals surface area contributed by atoms with Gasteiger partial charge in [-0.3, -0.25) is 19.8 Å². The number of nitrogens with one attached hydrogen (secondary N) is 3. The first-order valence-corrected chi connectivity index (χ1v) is 9.22. The van der Waals surface area contributed by atoms with E-state index in [2.05, 4.69) is 16.0 Å². The molecule has 2 fully saturated rings. The van der Waals surface area contributed by atoms with Gasteiger partial charge < -0.3 is 10.6 Å². The van der Waals surface area contributed by atoms with Crippen molar-refractivity contribution in [3.63, 3.8) is 0 Å². The number of anilines is 1. The molecule has 146 valence electrons. The number of halogens is 2. The minimum atomic E-state index is -0.918. The van der Waals surface area contributed by atoms with Crippen LogP contribution in [-0.2, 0) is 9.59 Å². The van der Waals surface area contributed by atoms with Crippen molar-refractivity contribution in [1.29, 1.82) is 0 Å². The summed E-state index contributed by atoms with van der Waals surface area (Å²) in [5.74, 6) is -1.20. The molecule has 0 unspecified atom stereocenters. The van der Waals surface area contributed by atoms with Gasteiger partial charge in [0.1, 0.15) is 11.4 Å². The smallest absolute Gasteiger partial charge is 0.322 e. The highest BCUT2D eigenvalue weighted by Gasteiger charge is 2.48. The number of hydrogen-bond donors (Lipinski definition) is 3. The minimum absolute atomic E-state index is 0.0131. The molecule has 0 aromatic heterocycles. The zero-order valence-corrected chi connectivity index (χ0v) is 15.9. The Hall–Kier alpha value is -2.19. The van der Waals surface area contributed by atoms with Crippen molar-refractivity contribution in [2.45, 2.75) is 38.3 Å². The number of imide groups is 1. The zero-order chi connectivity index (χ0) is 19.8. The first-order chi connectivity index (χ1) is 12.7. The summed E-state index contributed by atoms with van der Waals surface area (Å²) in [6.07, 6.45) is 1.32. The lowest BCUT2D eigenvalue weighted by atomic mass is 9.79. The minimum Gasteiger partial charge on any atom is -0.323 e. The second kappa shape index (κ2) is 7.44. The van der Waals surface area contributed by atoms with Gasteiger partial charge in [0.15, 0.2) is 0 Å². The van der Waals surface area contributed by atoms with Gasteiger partial charge in [-0.1, -0.05) is 11.6 Å². The van der Waals surface area contributed by atoms with Crippen molar-refractivity contribution in [2.24, 2.45) is 5.92 Å². The average molecular weight is 397 g/mol. The molecule has 0 bridgehead atoms. The first kappa shape index (κ1) is 19.6. The lowest BCUT2D eigenvalue weighted by molar-refractivity contribution is -0.127. The van der Waals surface area contributed by atoms with Crippen molar-refractivity contribution >= 4 is 35.1 Å². The lowest BCUT2D eigenvalue weighted by Gasteiger charge is -2.40. The van der Waals surface area contributed by atoms with Gasteiger partial charge in [0.05, 0.1) is 11.7 Å². The van der Waals surface area contributed by atoms with Gasteiger partial charge in [0.2, 0.25) is 5.91 Å². The molecule has 0 saturated carbocycles. The molecule has 1 aromatic rings. The summed E-state index contributed by atoms with van der Waals surface area (Å²) in [6.45, 7) is 4.67. The molecule has 2 aliphatic rings. The topological polar surface area (TPSA) is 90.5 Å². The van der Waals surface area contributed by atoms with Crippen LogP contribution in [0.1, 0.15) is 26.7 Å². The van der Waals surface area contributed by atoms with Crippen molar-refractivity contribution in [3.8, 4) is 0 Å². The van der Waals surface area contributed by atoms with E-state index in [4.69, 9.17) is 11.6 Å². The molecule has 2 atom stereocenters. The molecule has 3 rings (SSSR count). The number of rotatable bonds is 4. The fourth-order valence-electron chi connectivity index (χ4n) is 3.70. The van der Waals surface area contributed by atoms with Crippen molar-refractivity contribution in [2.75, 3.05) is 18.4 Å². The molecule has 3 N–H and O–H groups in total. The predicted molar refractivity (Wildman–Crippen MR) is 98.9 cm³/mol. The maximum atomic E-state index is 13.8. The second-order valence-corrected chi connectivity index (χ2v) is 7.65. The number of piperidine rings is 1. The highest BCUT2D eigenvalue weighted by Crippen LogP contribution is 2.31. The number of benzene rings is 1. The van der Waals surface area contributed by atoms with Gasteiger partial charge in [-0.25, -0.2) is 9.18 Å². The number of nitrogens with zero attached hydrogens (tertiary/aromatic N) is 1. The van der Waals surface area contributed by atoms with E-state index >= 15 is 0 Å². The fourth-order valence-corrected chi connectivity index (χ4v) is 3.88. The van der Waals surface area contributed by atoms with E-state index < -0.39 is 23.4 Å². The van der Waals surface area contributed by atoms with Crippen LogP contribution in [0.2, 0.25) is 5.02 Å². The third kappa shape index (κ3) is 3.91. The monoisotopic (exact) mass is 396 g/mol. The molecule has 2 aliphatic heterocycles. The summed E-state index contributed by atoms with van der Waals surface area (Å²) in [7, 11) is 0. The van der Waals surface area contributed by atoms with Crippen LogP contribution in [0.15, 0.2) is 18.2 Å². The van der Waals surface area contributed by atoms with E-state index in [1.54, 1.807) is 13.8 Å². The van der Waals surface area contributed by atoms with Crippen LogP contribution < -0.4 is 16.0 Å². The van der Waals surface area contributed by atoms with E-state index in [9.17, 15) is 18.8 Å². The predicted octanol–water partition coefficient (Wildman–Crippen LogP) is 2.12. The van der Waals surface area contributed by atoms with E-state index in [1.807, 2.05) is 4.90 Å². The molecule has 0 spiro atoms. The Morgan fingerprint density at radius 2 is 2.04 bits per heavy atom. The first-order valence-electron chi connectivity index (χ1n) is 8.84. The third-order valence-corrected chi connectivity index (χ3v) is 5.77. The van der Waals surface area contributed by atoms with Crippen LogP contribution in [0.3, 0.4) is 0 Å². The number of likely N-dealkylation sites (tertiary alicyclic amines) is 1. The van der Waals surface area contributed by atoms with Gasteiger partial charge in [0.25, 0.3) is 5.91 Å². The largest absolute Gasteiger partial charge is 0.323 e. The van der Waals surface area contributed by atoms with Crippen molar-refractivity contribution < 1.29 is 18.8 Å². The summed E-state index contributed by atoms with van der Waals surface area (Å²) in [4.78, 5) is 38.0. The summed E-state index contributed by atoms with van der Waals surface area (Å²) in [5, 5.41) is 7.90. The van der Waals surface area contributed by atoms with Crippen LogP contribution >= 0.6 is 11.6 Å². The summed E-state index contributed by atoms with van der Waals surface area (Å²) >= 11 is 5.85. The molecule has 7 nitrogen and oxygen atoms in total. The molecule has 27 heavy (non-hydrogen) atoms. The average Bonchev–Trinajstić information content (AvgIpc) is 2.90. The number of hydrogen-bond acceptors (Lipinski definition) is 4. The SMILES string of the molecule is C[C@H](C(=O)Nc1cc(Cl)ccc1F)N1CCC([C@@]2(C)NC(=O)NC2=O)CC1. The highest BCUT2D eigenvalue weighted by molar-refractivity contribution is 6.30. The number of carbonyl (C=O) groups excluding carboxylic acids is 3. The quantitative estimate of drug-likeness (QED) is 0.680. The Morgan fingerprint density at radius 1 is 1.37 bits per heavy atom. The Labute approximate surface area is 161 Å². The van der Waals surface area contributed by atoms with Crippen molar-refractivity contribution in [3.05, 3.63) is 29.0 Å². The molecule has 2 heterocycles. The van der Waals surface area contributed by atoms with E-state index in [1.165, 1.54) is 18.2 Å². The Bertz CT molecular complexity index is 782. The van der Waals surface area contributed by atoms with Crippen LogP contribution in [0.4, 0.5) is 14.9 Å². The second-order valence-electron chi connectivity index (χ2n) is 7.21. The summed E-state index contributed by atoms with van der Waals surface area (Å²) in [5.41, 5.74) is -0.870. The van der Waals surface area contributed by atoms with Gasteiger partial charge in [-0.15, -0.1) is 0 Å². The molecule has 2 saturated heterocycles. The van der Waals surface area contributed by atoms with Crippen LogP contribution in [0.25, 0.3) is 0 Å². The van der Waals surface area contributed by atoms with Gasteiger partial charge >= 0.3 is 6.03 Å². The maximum absolute atomic E-state index is 13.8. The Morgan fingerprint density at radius 3 is 2.63 bits per heavy atom. The lowest BCUT2D eigenvalue weighted by Crippen LogP contribution is -2.55. The van der Waals surface area contributed by atoms with Crippen LogP contribution in [0.5, 0.6) is 0 Å². The number of urea groups is 1. The van der Waals surface area contributed by atoms with E-state index in [0.29, 0.717) is 31.0 Å². The molecule has 9 heteroatoms. The summed E-state index contributed by atoms with van der Waals surface area (Å²) < 4.78 is 13.8. The van der Waals surface area contributed by atoms with Crippen LogP contribution in [-0.4, -0.2) is 47.4 Å². The molecule has 1 aromatic carbocycles. The Balaban J connectivity index is 1.59. The molecular weight excluding hydrogens is 375 g/mol. The molecule has 4 amide bonds. The standard InChI is InChI=1S/C18H22ClFN4O3/c1-10(15(25)21-14-9-12(19)3-4-13(14)20)24-7-5-11(6-8-24)18(2)16(26)22-17(27)23-18/h3-4,9-11H,5-8H2,1-2H3,(H,21,25)(H2,22,23,26,27)/t10-,18-/m1/s1. The number of carbonyl (C=O) groups is 3. The van der Waals surface area contributed by atoms with Gasteiger partial charge in [0, 0.05) is 5.02 Å². The highest BCUT2D eigenvalue weighted by atomic mass is 35.5. The van der Waals surface area contributed by atoms with Gasteiger partial charge in [-0.05, 0) is 63.9 Å². The Kier molecular flexibility index (Phi) is 5.39.